The second-order valence-electron chi connectivity index (χ2n) is 6.49. The molecule has 1 amide bonds. The number of amides is 1. The molecule has 1 aliphatic heterocycles. The van der Waals surface area contributed by atoms with Crippen molar-refractivity contribution in [1.29, 1.82) is 0 Å². The van der Waals surface area contributed by atoms with E-state index in [0.717, 1.165) is 42.3 Å². The van der Waals surface area contributed by atoms with Crippen LogP contribution in [-0.4, -0.2) is 23.6 Å². The number of alkyl halides is 3. The molecule has 144 valence electrons. The lowest BCUT2D eigenvalue weighted by molar-refractivity contribution is -0.138. The second kappa shape index (κ2) is 7.85. The van der Waals surface area contributed by atoms with E-state index in [1.165, 1.54) is 6.42 Å². The molecule has 1 N–H and O–H groups in total. The molecule has 8 heteroatoms. The summed E-state index contributed by atoms with van der Waals surface area (Å²) < 4.78 is 39.2. The third-order valence-corrected chi connectivity index (χ3v) is 4.50. The molecular weight excluding hydrogens is 359 g/mol. The van der Waals surface area contributed by atoms with Gasteiger partial charge in [0.25, 0.3) is 5.56 Å². The van der Waals surface area contributed by atoms with E-state index >= 15 is 0 Å². The van der Waals surface area contributed by atoms with Crippen LogP contribution in [0.1, 0.15) is 24.8 Å². The molecule has 0 unspecified atom stereocenters. The van der Waals surface area contributed by atoms with Crippen molar-refractivity contribution in [2.45, 2.75) is 32.0 Å². The van der Waals surface area contributed by atoms with Gasteiger partial charge < -0.3 is 14.8 Å². The summed E-state index contributed by atoms with van der Waals surface area (Å²) in [5.41, 5.74) is -0.169. The monoisotopic (exact) mass is 379 g/mol. The lowest BCUT2D eigenvalue weighted by Gasteiger charge is -2.30. The Morgan fingerprint density at radius 1 is 1.04 bits per heavy atom. The standard InChI is InChI=1S/C19H20F3N3O2/c20-19(21,22)14-8-9-18(27)25(12-14)13-17(26)23-15-6-2-3-7-16(15)24-10-4-1-5-11-24/h2-3,6-9,12H,1,4-5,10-11,13H2,(H,23,26). The minimum absolute atomic E-state index is 0.489. The first kappa shape index (κ1) is 19.0. The summed E-state index contributed by atoms with van der Waals surface area (Å²) in [5, 5.41) is 2.72. The fourth-order valence-corrected chi connectivity index (χ4v) is 3.16. The van der Waals surface area contributed by atoms with E-state index < -0.39 is 29.8 Å². The summed E-state index contributed by atoms with van der Waals surface area (Å²) in [6, 6.07) is 8.82. The first-order chi connectivity index (χ1) is 12.8. The number of nitrogens with one attached hydrogen (secondary N) is 1. The molecule has 0 aliphatic carbocycles. The largest absolute Gasteiger partial charge is 0.417 e. The van der Waals surface area contributed by atoms with E-state index in [-0.39, 0.29) is 0 Å². The first-order valence-corrected chi connectivity index (χ1v) is 8.76. The Hall–Kier alpha value is -2.77. The summed E-state index contributed by atoms with van der Waals surface area (Å²) in [7, 11) is 0. The number of hydrogen-bond acceptors (Lipinski definition) is 3. The maximum atomic E-state index is 12.8. The summed E-state index contributed by atoms with van der Waals surface area (Å²) >= 11 is 0. The third-order valence-electron chi connectivity index (χ3n) is 4.50. The zero-order chi connectivity index (χ0) is 19.4. The molecule has 1 saturated heterocycles. The number of carbonyl (C=O) groups excluding carboxylic acids is 1. The Morgan fingerprint density at radius 2 is 1.74 bits per heavy atom. The molecule has 3 rings (SSSR count). The first-order valence-electron chi connectivity index (χ1n) is 8.76. The number of anilines is 2. The number of pyridine rings is 1. The van der Waals surface area contributed by atoms with E-state index in [1.54, 1.807) is 12.1 Å². The average molecular weight is 379 g/mol. The molecule has 1 aromatic heterocycles. The van der Waals surface area contributed by atoms with Gasteiger partial charge in [-0.2, -0.15) is 13.2 Å². The highest BCUT2D eigenvalue weighted by Crippen LogP contribution is 2.29. The third kappa shape index (κ3) is 4.69. The number of rotatable bonds is 4. The molecular formula is C19H20F3N3O2. The summed E-state index contributed by atoms with van der Waals surface area (Å²) in [5.74, 6) is -0.555. The summed E-state index contributed by atoms with van der Waals surface area (Å²) in [6.07, 6.45) is -0.599. The van der Waals surface area contributed by atoms with Crippen molar-refractivity contribution in [2.24, 2.45) is 0 Å². The quantitative estimate of drug-likeness (QED) is 0.885. The molecule has 0 atom stereocenters. The minimum atomic E-state index is -4.58. The van der Waals surface area contributed by atoms with Crippen molar-refractivity contribution in [2.75, 3.05) is 23.3 Å². The van der Waals surface area contributed by atoms with Crippen molar-refractivity contribution in [3.8, 4) is 0 Å². The Balaban J connectivity index is 1.76. The van der Waals surface area contributed by atoms with E-state index in [0.29, 0.717) is 18.0 Å². The van der Waals surface area contributed by atoms with Crippen LogP contribution < -0.4 is 15.8 Å². The number of piperidine rings is 1. The van der Waals surface area contributed by atoms with Crippen LogP contribution in [-0.2, 0) is 17.5 Å². The minimum Gasteiger partial charge on any atom is -0.370 e. The van der Waals surface area contributed by atoms with Gasteiger partial charge in [-0.05, 0) is 37.5 Å². The SMILES string of the molecule is O=C(Cn1cc(C(F)(F)F)ccc1=O)Nc1ccccc1N1CCCCC1. The maximum absolute atomic E-state index is 12.8. The Bertz CT molecular complexity index is 871. The molecule has 0 saturated carbocycles. The molecule has 1 aliphatic rings. The number of benzene rings is 1. The van der Waals surface area contributed by atoms with Crippen molar-refractivity contribution >= 4 is 17.3 Å². The van der Waals surface area contributed by atoms with E-state index in [9.17, 15) is 22.8 Å². The topological polar surface area (TPSA) is 54.3 Å². The highest BCUT2D eigenvalue weighted by Gasteiger charge is 2.31. The predicted molar refractivity (Wildman–Crippen MR) is 96.8 cm³/mol. The number of halogens is 3. The molecule has 1 fully saturated rings. The normalized spacial score (nSPS) is 14.9. The summed E-state index contributed by atoms with van der Waals surface area (Å²) in [4.78, 5) is 26.3. The van der Waals surface area contributed by atoms with Gasteiger partial charge in [-0.25, -0.2) is 0 Å². The smallest absolute Gasteiger partial charge is 0.370 e. The molecule has 2 aromatic rings. The predicted octanol–water partition coefficient (Wildman–Crippen LogP) is 3.50. The zero-order valence-corrected chi connectivity index (χ0v) is 14.6. The molecule has 2 heterocycles. The Labute approximate surface area is 154 Å². The number of carbonyl (C=O) groups is 1. The van der Waals surface area contributed by atoms with Crippen LogP contribution in [0.4, 0.5) is 24.5 Å². The molecule has 27 heavy (non-hydrogen) atoms. The number of para-hydroxylation sites is 2. The van der Waals surface area contributed by atoms with E-state index in [4.69, 9.17) is 0 Å². The molecule has 1 aromatic carbocycles. The van der Waals surface area contributed by atoms with Crippen LogP contribution in [0, 0.1) is 0 Å². The number of aromatic nitrogens is 1. The number of hydrogen-bond donors (Lipinski definition) is 1. The van der Waals surface area contributed by atoms with Gasteiger partial charge in [-0.3, -0.25) is 9.59 Å². The van der Waals surface area contributed by atoms with Crippen LogP contribution in [0.15, 0.2) is 47.4 Å². The van der Waals surface area contributed by atoms with Crippen LogP contribution in [0.2, 0.25) is 0 Å². The van der Waals surface area contributed by atoms with Crippen LogP contribution in [0.25, 0.3) is 0 Å². The van der Waals surface area contributed by atoms with Gasteiger partial charge in [0.2, 0.25) is 5.91 Å². The van der Waals surface area contributed by atoms with Gasteiger partial charge in [0, 0.05) is 25.4 Å². The molecule has 5 nitrogen and oxygen atoms in total. The van der Waals surface area contributed by atoms with Crippen LogP contribution in [0.3, 0.4) is 0 Å². The van der Waals surface area contributed by atoms with Crippen molar-refractivity contribution in [3.63, 3.8) is 0 Å². The van der Waals surface area contributed by atoms with Gasteiger partial charge >= 0.3 is 6.18 Å². The average Bonchev–Trinajstić information content (AvgIpc) is 2.64. The van der Waals surface area contributed by atoms with Crippen molar-refractivity contribution in [3.05, 3.63) is 58.5 Å². The lowest BCUT2D eigenvalue weighted by atomic mass is 10.1. The van der Waals surface area contributed by atoms with Gasteiger partial charge in [-0.1, -0.05) is 12.1 Å². The van der Waals surface area contributed by atoms with Crippen LogP contribution in [0.5, 0.6) is 0 Å². The van der Waals surface area contributed by atoms with Gasteiger partial charge in [0.1, 0.15) is 6.54 Å². The highest BCUT2D eigenvalue weighted by molar-refractivity contribution is 5.94. The fourth-order valence-electron chi connectivity index (χ4n) is 3.16. The van der Waals surface area contributed by atoms with Crippen LogP contribution >= 0.6 is 0 Å². The number of nitrogens with zero attached hydrogens (tertiary/aromatic N) is 2. The maximum Gasteiger partial charge on any atom is 0.417 e. The summed E-state index contributed by atoms with van der Waals surface area (Å²) in [6.45, 7) is 1.29. The van der Waals surface area contributed by atoms with E-state index in [1.807, 2.05) is 12.1 Å². The van der Waals surface area contributed by atoms with E-state index in [2.05, 4.69) is 10.2 Å². The van der Waals surface area contributed by atoms with Gasteiger partial charge in [0.05, 0.1) is 16.9 Å². The zero-order valence-electron chi connectivity index (χ0n) is 14.6. The van der Waals surface area contributed by atoms with Gasteiger partial charge in [-0.15, -0.1) is 0 Å². The van der Waals surface area contributed by atoms with Crippen molar-refractivity contribution in [1.82, 2.24) is 4.57 Å². The van der Waals surface area contributed by atoms with Gasteiger partial charge in [0.15, 0.2) is 0 Å². The van der Waals surface area contributed by atoms with Crippen molar-refractivity contribution < 1.29 is 18.0 Å². The molecule has 0 bridgehead atoms. The fraction of sp³-hybridized carbons (Fsp3) is 0.368. The Morgan fingerprint density at radius 3 is 2.44 bits per heavy atom. The molecule has 0 radical (unpaired) electrons. The molecule has 0 spiro atoms. The highest BCUT2D eigenvalue weighted by atomic mass is 19.4. The second-order valence-corrected chi connectivity index (χ2v) is 6.49. The lowest BCUT2D eigenvalue weighted by Crippen LogP contribution is -2.31. The Kier molecular flexibility index (Phi) is 5.53.